The number of non-ortho nitro benzene ring substituents is 1. The first-order valence-electron chi connectivity index (χ1n) is 8.56. The third kappa shape index (κ3) is 8.42. The van der Waals surface area contributed by atoms with Gasteiger partial charge in [-0.2, -0.15) is 0 Å². The predicted octanol–water partition coefficient (Wildman–Crippen LogP) is 4.13. The van der Waals surface area contributed by atoms with E-state index in [1.807, 2.05) is 5.48 Å². The lowest BCUT2D eigenvalue weighted by molar-refractivity contribution is -0.384. The third-order valence-electron chi connectivity index (χ3n) is 3.57. The number of hydrogen-bond acceptors (Lipinski definition) is 8. The zero-order valence-corrected chi connectivity index (χ0v) is 16.9. The lowest BCUT2D eigenvalue weighted by atomic mass is 10.3. The van der Waals surface area contributed by atoms with Gasteiger partial charge in [-0.15, -0.1) is 0 Å². The van der Waals surface area contributed by atoms with E-state index in [0.717, 1.165) is 0 Å². The summed E-state index contributed by atoms with van der Waals surface area (Å²) >= 11 is 0. The van der Waals surface area contributed by atoms with Gasteiger partial charge in [0.15, 0.2) is 0 Å². The summed E-state index contributed by atoms with van der Waals surface area (Å²) in [5.41, 5.74) is 3.68. The van der Waals surface area contributed by atoms with Crippen LogP contribution in [0.5, 0.6) is 0 Å². The first-order chi connectivity index (χ1) is 14.0. The van der Waals surface area contributed by atoms with E-state index in [1.165, 1.54) is 45.9 Å². The number of rotatable bonds is 11. The van der Waals surface area contributed by atoms with Crippen molar-refractivity contribution in [3.8, 4) is 0 Å². The van der Waals surface area contributed by atoms with Gasteiger partial charge in [0.25, 0.3) is 5.69 Å². The van der Waals surface area contributed by atoms with Crippen LogP contribution >= 0.6 is 21.6 Å². The van der Waals surface area contributed by atoms with Crippen LogP contribution in [0.2, 0.25) is 0 Å². The predicted molar refractivity (Wildman–Crippen MR) is 116 cm³/mol. The van der Waals surface area contributed by atoms with Crippen LogP contribution in [0.3, 0.4) is 0 Å². The number of benzene rings is 2. The van der Waals surface area contributed by atoms with Crippen molar-refractivity contribution >= 4 is 56.2 Å². The number of hydrogen-bond donors (Lipinski definition) is 4. The average molecular weight is 437 g/mol. The van der Waals surface area contributed by atoms with Crippen molar-refractivity contribution in [3.63, 3.8) is 0 Å². The molecule has 0 radical (unpaired) electrons. The SMILES string of the molecule is O=C(CCSSCCC(=O)Nc1ccc([N+](=O)[O-])cc1)Nc1ccc(NO)cc1. The zero-order chi connectivity index (χ0) is 21.1. The molecule has 0 fully saturated rings. The molecule has 0 aliphatic carbocycles. The molecule has 2 amide bonds. The van der Waals surface area contributed by atoms with Gasteiger partial charge in [0, 0.05) is 47.9 Å². The Kier molecular flexibility index (Phi) is 9.28. The van der Waals surface area contributed by atoms with E-state index in [4.69, 9.17) is 5.21 Å². The minimum absolute atomic E-state index is 0.0295. The molecule has 0 unspecified atom stereocenters. The molecule has 0 bridgehead atoms. The molecule has 0 spiro atoms. The number of nitro groups is 1. The highest BCUT2D eigenvalue weighted by Crippen LogP contribution is 2.23. The average Bonchev–Trinajstić information content (AvgIpc) is 2.71. The molecule has 0 heterocycles. The summed E-state index contributed by atoms with van der Waals surface area (Å²) in [6.07, 6.45) is 0.638. The maximum Gasteiger partial charge on any atom is 0.269 e. The van der Waals surface area contributed by atoms with Gasteiger partial charge in [0.1, 0.15) is 0 Å². The van der Waals surface area contributed by atoms with Crippen LogP contribution in [-0.4, -0.2) is 33.5 Å². The van der Waals surface area contributed by atoms with Crippen LogP contribution in [0.25, 0.3) is 0 Å². The summed E-state index contributed by atoms with van der Waals surface area (Å²) in [7, 11) is 3.01. The summed E-state index contributed by atoms with van der Waals surface area (Å²) in [6, 6.07) is 12.3. The van der Waals surface area contributed by atoms with Crippen LogP contribution < -0.4 is 16.1 Å². The highest BCUT2D eigenvalue weighted by atomic mass is 33.1. The molecule has 0 saturated heterocycles. The Bertz CT molecular complexity index is 831. The Morgan fingerprint density at radius 1 is 0.828 bits per heavy atom. The van der Waals surface area contributed by atoms with Gasteiger partial charge in [0.05, 0.1) is 10.6 Å². The van der Waals surface area contributed by atoms with Crippen LogP contribution in [-0.2, 0) is 9.59 Å². The monoisotopic (exact) mass is 436 g/mol. The first-order valence-corrected chi connectivity index (χ1v) is 11.1. The molecule has 2 aromatic rings. The summed E-state index contributed by atoms with van der Waals surface area (Å²) in [4.78, 5) is 33.8. The summed E-state index contributed by atoms with van der Waals surface area (Å²) in [5.74, 6) is 0.904. The van der Waals surface area contributed by atoms with E-state index in [2.05, 4.69) is 10.6 Å². The van der Waals surface area contributed by atoms with Crippen molar-refractivity contribution in [3.05, 3.63) is 58.6 Å². The zero-order valence-electron chi connectivity index (χ0n) is 15.3. The fourth-order valence-electron chi connectivity index (χ4n) is 2.13. The van der Waals surface area contributed by atoms with Crippen LogP contribution in [0.1, 0.15) is 12.8 Å². The second kappa shape index (κ2) is 11.9. The van der Waals surface area contributed by atoms with Gasteiger partial charge >= 0.3 is 0 Å². The molecule has 2 aromatic carbocycles. The summed E-state index contributed by atoms with van der Waals surface area (Å²) < 4.78 is 0. The highest BCUT2D eigenvalue weighted by Gasteiger charge is 2.07. The van der Waals surface area contributed by atoms with Gasteiger partial charge in [-0.1, -0.05) is 21.6 Å². The van der Waals surface area contributed by atoms with E-state index in [9.17, 15) is 19.7 Å². The summed E-state index contributed by atoms with van der Waals surface area (Å²) in [5, 5.41) is 24.8. The molecule has 0 aromatic heterocycles. The van der Waals surface area contributed by atoms with Crippen LogP contribution in [0.4, 0.5) is 22.7 Å². The van der Waals surface area contributed by atoms with Crippen LogP contribution in [0, 0.1) is 10.1 Å². The molecule has 4 N–H and O–H groups in total. The Morgan fingerprint density at radius 2 is 1.24 bits per heavy atom. The lowest BCUT2D eigenvalue weighted by Crippen LogP contribution is -2.12. The number of nitrogens with zero attached hydrogens (tertiary/aromatic N) is 1. The fraction of sp³-hybridized carbons (Fsp3) is 0.222. The van der Waals surface area contributed by atoms with Crippen molar-refractivity contribution in [2.24, 2.45) is 0 Å². The lowest BCUT2D eigenvalue weighted by Gasteiger charge is -2.06. The third-order valence-corrected chi connectivity index (χ3v) is 5.98. The topological polar surface area (TPSA) is 134 Å². The fourth-order valence-corrected chi connectivity index (χ4v) is 4.11. The minimum Gasteiger partial charge on any atom is -0.326 e. The van der Waals surface area contributed by atoms with Gasteiger partial charge in [0.2, 0.25) is 11.8 Å². The van der Waals surface area contributed by atoms with Crippen molar-refractivity contribution in [2.75, 3.05) is 27.6 Å². The molecule has 154 valence electrons. The van der Waals surface area contributed by atoms with Gasteiger partial charge in [-0.25, -0.2) is 0 Å². The number of carbonyl (C=O) groups is 2. The Labute approximate surface area is 175 Å². The first kappa shape index (κ1) is 22.5. The molecule has 0 atom stereocenters. The number of anilines is 3. The van der Waals surface area contributed by atoms with Crippen LogP contribution in [0.15, 0.2) is 48.5 Å². The van der Waals surface area contributed by atoms with E-state index >= 15 is 0 Å². The summed E-state index contributed by atoms with van der Waals surface area (Å²) in [6.45, 7) is 0. The molecule has 11 heteroatoms. The molecule has 0 saturated carbocycles. The number of nitrogens with one attached hydrogen (secondary N) is 3. The Hall–Kier alpha value is -2.76. The molecule has 0 aliphatic rings. The van der Waals surface area contributed by atoms with Crippen molar-refractivity contribution in [1.29, 1.82) is 0 Å². The Morgan fingerprint density at radius 3 is 1.66 bits per heavy atom. The maximum absolute atomic E-state index is 11.9. The quantitative estimate of drug-likeness (QED) is 0.179. The maximum atomic E-state index is 11.9. The largest absolute Gasteiger partial charge is 0.326 e. The van der Waals surface area contributed by atoms with Crippen molar-refractivity contribution in [2.45, 2.75) is 12.8 Å². The number of nitro benzene ring substituents is 1. The second-order valence-corrected chi connectivity index (χ2v) is 8.44. The van der Waals surface area contributed by atoms with Gasteiger partial charge < -0.3 is 10.6 Å². The molecule has 2 rings (SSSR count). The van der Waals surface area contributed by atoms with E-state index < -0.39 is 4.92 Å². The van der Waals surface area contributed by atoms with E-state index in [1.54, 1.807) is 24.3 Å². The minimum atomic E-state index is -0.496. The van der Waals surface area contributed by atoms with Gasteiger partial charge in [-0.05, 0) is 36.4 Å². The molecular weight excluding hydrogens is 416 g/mol. The molecule has 29 heavy (non-hydrogen) atoms. The normalized spacial score (nSPS) is 10.2. The highest BCUT2D eigenvalue weighted by molar-refractivity contribution is 8.76. The Balaban J connectivity index is 1.56. The molecular formula is C18H20N4O5S2. The molecule has 0 aliphatic heterocycles. The van der Waals surface area contributed by atoms with E-state index in [-0.39, 0.29) is 17.5 Å². The molecule has 9 nitrogen and oxygen atoms in total. The van der Waals surface area contributed by atoms with E-state index in [0.29, 0.717) is 41.4 Å². The van der Waals surface area contributed by atoms with Gasteiger partial charge in [-0.3, -0.25) is 30.4 Å². The second-order valence-electron chi connectivity index (χ2n) is 5.73. The number of amides is 2. The smallest absolute Gasteiger partial charge is 0.269 e. The standard InChI is InChI=1S/C18H20N4O5S2/c23-17(19-13-1-3-15(21-25)4-2-13)9-11-28-29-12-10-18(24)20-14-5-7-16(8-6-14)22(26)27/h1-8,21,25H,9-12H2,(H,19,23)(H,20,24). The number of carbonyl (C=O) groups excluding carboxylic acids is 2. The van der Waals surface area contributed by atoms with Crippen molar-refractivity contribution in [1.82, 2.24) is 0 Å². The van der Waals surface area contributed by atoms with Crippen molar-refractivity contribution < 1.29 is 19.7 Å².